The van der Waals surface area contributed by atoms with Crippen LogP contribution in [0.3, 0.4) is 0 Å². The Balaban J connectivity index is 1.43. The molecule has 190 valence electrons. The van der Waals surface area contributed by atoms with Gasteiger partial charge in [-0.05, 0) is 66.3 Å². The van der Waals surface area contributed by atoms with Crippen LogP contribution in [0, 0.1) is 17.2 Å². The number of nitrogens with zero attached hydrogens (tertiary/aromatic N) is 2. The van der Waals surface area contributed by atoms with Crippen molar-refractivity contribution in [2.75, 3.05) is 17.7 Å². The number of fused-ring (bicyclic) bond motifs is 2. The zero-order chi connectivity index (χ0) is 26.5. The molecule has 0 saturated heterocycles. The number of anilines is 1. The quantitative estimate of drug-likeness (QED) is 0.222. The summed E-state index contributed by atoms with van der Waals surface area (Å²) in [4.78, 5) is 31.9. The molecule has 1 aliphatic rings. The number of para-hydroxylation sites is 2. The highest BCUT2D eigenvalue weighted by Gasteiger charge is 2.29. The fourth-order valence-corrected chi connectivity index (χ4v) is 5.38. The SMILES string of the molecule is CC1CC(=Cc2ccco2)c2nc3ccccc3c(C(=O)OCC(=O)Nc3ccccc3SCC#N)c2C1. The van der Waals surface area contributed by atoms with Crippen molar-refractivity contribution in [2.45, 2.75) is 24.7 Å². The van der Waals surface area contributed by atoms with E-state index in [1.807, 2.05) is 54.6 Å². The van der Waals surface area contributed by atoms with Gasteiger partial charge in [0.05, 0.1) is 40.5 Å². The molecule has 0 aliphatic heterocycles. The predicted octanol–water partition coefficient (Wildman–Crippen LogP) is 6.36. The third-order valence-corrected chi connectivity index (χ3v) is 7.21. The molecule has 0 saturated carbocycles. The molecule has 7 nitrogen and oxygen atoms in total. The molecule has 1 aliphatic carbocycles. The van der Waals surface area contributed by atoms with Crippen LogP contribution in [0.2, 0.25) is 0 Å². The van der Waals surface area contributed by atoms with Gasteiger partial charge in [0.25, 0.3) is 5.91 Å². The van der Waals surface area contributed by atoms with E-state index in [0.29, 0.717) is 28.6 Å². The molecule has 1 atom stereocenters. The van der Waals surface area contributed by atoms with Gasteiger partial charge in [0.2, 0.25) is 0 Å². The number of furan rings is 1. The first-order valence-electron chi connectivity index (χ1n) is 12.2. The maximum absolute atomic E-state index is 13.5. The van der Waals surface area contributed by atoms with Gasteiger partial charge in [0, 0.05) is 10.3 Å². The molecular weight excluding hydrogens is 498 g/mol. The van der Waals surface area contributed by atoms with Crippen molar-refractivity contribution in [1.82, 2.24) is 4.98 Å². The van der Waals surface area contributed by atoms with Gasteiger partial charge in [-0.1, -0.05) is 37.3 Å². The molecule has 8 heteroatoms. The maximum Gasteiger partial charge on any atom is 0.339 e. The number of ether oxygens (including phenoxy) is 1. The molecule has 2 aromatic carbocycles. The molecule has 4 aromatic rings. The molecule has 0 bridgehead atoms. The number of hydrogen-bond donors (Lipinski definition) is 1. The molecule has 5 rings (SSSR count). The molecule has 0 fully saturated rings. The van der Waals surface area contributed by atoms with E-state index in [4.69, 9.17) is 19.4 Å². The topological polar surface area (TPSA) is 105 Å². The summed E-state index contributed by atoms with van der Waals surface area (Å²) in [6.07, 6.45) is 5.07. The Hall–Kier alpha value is -4.35. The van der Waals surface area contributed by atoms with Crippen LogP contribution in [0.25, 0.3) is 22.6 Å². The summed E-state index contributed by atoms with van der Waals surface area (Å²) >= 11 is 1.33. The number of nitriles is 1. The van der Waals surface area contributed by atoms with E-state index in [-0.39, 0.29) is 11.7 Å². The zero-order valence-corrected chi connectivity index (χ0v) is 21.6. The van der Waals surface area contributed by atoms with E-state index < -0.39 is 18.5 Å². The van der Waals surface area contributed by atoms with Crippen molar-refractivity contribution in [2.24, 2.45) is 5.92 Å². The highest BCUT2D eigenvalue weighted by atomic mass is 32.2. The second kappa shape index (κ2) is 11.4. The van der Waals surface area contributed by atoms with E-state index in [2.05, 4.69) is 18.3 Å². The highest BCUT2D eigenvalue weighted by Crippen LogP contribution is 2.38. The van der Waals surface area contributed by atoms with Crippen LogP contribution >= 0.6 is 11.8 Å². The molecular formula is C30H25N3O4S. The van der Waals surface area contributed by atoms with Gasteiger partial charge in [0.1, 0.15) is 5.76 Å². The van der Waals surface area contributed by atoms with E-state index in [9.17, 15) is 9.59 Å². The third-order valence-electron chi connectivity index (χ3n) is 6.27. The number of pyridine rings is 1. The number of esters is 1. The van der Waals surface area contributed by atoms with Gasteiger partial charge in [0.15, 0.2) is 6.61 Å². The Morgan fingerprint density at radius 2 is 1.97 bits per heavy atom. The van der Waals surface area contributed by atoms with Crippen molar-refractivity contribution in [1.29, 1.82) is 5.26 Å². The standard InChI is InChI=1S/C30H25N3O4S/c1-19-15-20(17-21-7-6-13-36-21)29-23(16-19)28(22-8-2-3-9-24(22)33-29)30(35)37-18-27(34)32-25-10-4-5-11-26(25)38-14-12-31/h2-11,13,17,19H,14-16,18H2,1H3,(H,32,34). The summed E-state index contributed by atoms with van der Waals surface area (Å²) in [6, 6.07) is 20.5. The first-order valence-corrected chi connectivity index (χ1v) is 13.2. The van der Waals surface area contributed by atoms with Gasteiger partial charge < -0.3 is 14.5 Å². The Kier molecular flexibility index (Phi) is 7.57. The van der Waals surface area contributed by atoms with E-state index >= 15 is 0 Å². The minimum Gasteiger partial charge on any atom is -0.465 e. The zero-order valence-electron chi connectivity index (χ0n) is 20.8. The first kappa shape index (κ1) is 25.3. The van der Waals surface area contributed by atoms with Crippen molar-refractivity contribution in [3.63, 3.8) is 0 Å². The number of carbonyl (C=O) groups is 2. The van der Waals surface area contributed by atoms with Crippen molar-refractivity contribution < 1.29 is 18.7 Å². The number of thioether (sulfide) groups is 1. The van der Waals surface area contributed by atoms with Crippen molar-refractivity contribution in [3.05, 3.63) is 89.5 Å². The third kappa shape index (κ3) is 5.48. The summed E-state index contributed by atoms with van der Waals surface area (Å²) in [7, 11) is 0. The van der Waals surface area contributed by atoms with E-state index in [1.54, 1.807) is 18.4 Å². The van der Waals surface area contributed by atoms with Crippen LogP contribution < -0.4 is 5.32 Å². The van der Waals surface area contributed by atoms with Gasteiger partial charge in [-0.15, -0.1) is 11.8 Å². The number of carbonyl (C=O) groups excluding carboxylic acids is 2. The van der Waals surface area contributed by atoms with Gasteiger partial charge >= 0.3 is 5.97 Å². The number of nitrogens with one attached hydrogen (secondary N) is 1. The summed E-state index contributed by atoms with van der Waals surface area (Å²) in [5.41, 5.74) is 4.29. The van der Waals surface area contributed by atoms with Crippen LogP contribution in [0.5, 0.6) is 0 Å². The average Bonchev–Trinajstić information content (AvgIpc) is 3.43. The Morgan fingerprint density at radius 1 is 1.16 bits per heavy atom. The Bertz CT molecular complexity index is 1570. The number of amides is 1. The maximum atomic E-state index is 13.5. The number of allylic oxidation sites excluding steroid dienone is 1. The smallest absolute Gasteiger partial charge is 0.339 e. The lowest BCUT2D eigenvalue weighted by molar-refractivity contribution is -0.119. The molecule has 0 radical (unpaired) electrons. The minimum absolute atomic E-state index is 0.261. The Morgan fingerprint density at radius 3 is 2.79 bits per heavy atom. The van der Waals surface area contributed by atoms with Crippen LogP contribution in [-0.2, 0) is 16.0 Å². The molecule has 0 spiro atoms. The molecule has 38 heavy (non-hydrogen) atoms. The highest BCUT2D eigenvalue weighted by molar-refractivity contribution is 7.99. The molecule has 1 N–H and O–H groups in total. The van der Waals surface area contributed by atoms with Gasteiger partial charge in [-0.25, -0.2) is 9.78 Å². The largest absolute Gasteiger partial charge is 0.465 e. The second-order valence-electron chi connectivity index (χ2n) is 9.10. The second-order valence-corrected chi connectivity index (χ2v) is 10.1. The Labute approximate surface area is 224 Å². The molecule has 2 aromatic heterocycles. The lowest BCUT2D eigenvalue weighted by Gasteiger charge is -2.26. The number of hydrogen-bond acceptors (Lipinski definition) is 7. The first-order chi connectivity index (χ1) is 18.5. The number of rotatable bonds is 7. The molecule has 1 amide bonds. The van der Waals surface area contributed by atoms with Crippen LogP contribution in [0.15, 0.2) is 76.2 Å². The van der Waals surface area contributed by atoms with Crippen LogP contribution in [0.1, 0.15) is 40.7 Å². The van der Waals surface area contributed by atoms with E-state index in [0.717, 1.165) is 33.9 Å². The fraction of sp³-hybridized carbons (Fsp3) is 0.200. The molecule has 1 unspecified atom stereocenters. The number of benzene rings is 2. The van der Waals surface area contributed by atoms with Crippen LogP contribution in [0.4, 0.5) is 5.69 Å². The average molecular weight is 524 g/mol. The number of aromatic nitrogens is 1. The fourth-order valence-electron chi connectivity index (χ4n) is 4.71. The minimum atomic E-state index is -0.561. The summed E-state index contributed by atoms with van der Waals surface area (Å²) in [6.45, 7) is 1.70. The lowest BCUT2D eigenvalue weighted by Crippen LogP contribution is -2.23. The monoisotopic (exact) mass is 523 g/mol. The van der Waals surface area contributed by atoms with Crippen molar-refractivity contribution in [3.8, 4) is 6.07 Å². The molecule has 2 heterocycles. The summed E-state index contributed by atoms with van der Waals surface area (Å²) < 4.78 is 11.1. The summed E-state index contributed by atoms with van der Waals surface area (Å²) in [5.74, 6) is 0.251. The normalized spacial score (nSPS) is 15.6. The van der Waals surface area contributed by atoms with Crippen molar-refractivity contribution >= 4 is 51.9 Å². The van der Waals surface area contributed by atoms with Gasteiger partial charge in [-0.3, -0.25) is 4.79 Å². The van der Waals surface area contributed by atoms with Gasteiger partial charge in [-0.2, -0.15) is 5.26 Å². The van der Waals surface area contributed by atoms with Crippen LogP contribution in [-0.4, -0.2) is 29.2 Å². The van der Waals surface area contributed by atoms with E-state index in [1.165, 1.54) is 11.8 Å². The summed E-state index contributed by atoms with van der Waals surface area (Å²) in [5, 5.41) is 12.4. The predicted molar refractivity (Wildman–Crippen MR) is 147 cm³/mol. The lowest BCUT2D eigenvalue weighted by atomic mass is 9.81.